The van der Waals surface area contributed by atoms with E-state index in [1.807, 2.05) is 4.90 Å². The van der Waals surface area contributed by atoms with Gasteiger partial charge in [0.1, 0.15) is 22.9 Å². The van der Waals surface area contributed by atoms with E-state index in [0.29, 0.717) is 72.4 Å². The minimum absolute atomic E-state index is 0.0991. The summed E-state index contributed by atoms with van der Waals surface area (Å²) in [5.41, 5.74) is 1.86. The number of hydrogen-bond acceptors (Lipinski definition) is 10. The molecule has 2 aromatic heterocycles. The molecule has 1 aliphatic heterocycles. The molecule has 4 aromatic rings. The number of nitro benzene ring substituents is 1. The summed E-state index contributed by atoms with van der Waals surface area (Å²) in [6.07, 6.45) is 3.64. The van der Waals surface area contributed by atoms with Gasteiger partial charge in [-0.3, -0.25) is 14.9 Å². The van der Waals surface area contributed by atoms with Crippen molar-refractivity contribution >= 4 is 29.3 Å². The lowest BCUT2D eigenvalue weighted by atomic mass is 10.1. The van der Waals surface area contributed by atoms with Gasteiger partial charge in [-0.15, -0.1) is 0 Å². The first kappa shape index (κ1) is 24.8. The van der Waals surface area contributed by atoms with Gasteiger partial charge in [0, 0.05) is 49.2 Å². The summed E-state index contributed by atoms with van der Waals surface area (Å²) in [6.45, 7) is 1.99. The molecule has 12 nitrogen and oxygen atoms in total. The summed E-state index contributed by atoms with van der Waals surface area (Å²) >= 11 is 0. The highest BCUT2D eigenvalue weighted by molar-refractivity contribution is 5.85. The number of aromatic nitrogens is 4. The van der Waals surface area contributed by atoms with Gasteiger partial charge < -0.3 is 19.7 Å². The van der Waals surface area contributed by atoms with Crippen molar-refractivity contribution in [3.05, 3.63) is 76.4 Å². The molecule has 1 fully saturated rings. The van der Waals surface area contributed by atoms with Gasteiger partial charge in [-0.2, -0.15) is 10.1 Å². The monoisotopic (exact) mass is 519 g/mol. The third kappa shape index (κ3) is 4.99. The first-order valence-electron chi connectivity index (χ1n) is 11.6. The van der Waals surface area contributed by atoms with Crippen LogP contribution in [0.5, 0.6) is 5.75 Å². The number of carbonyl (C=O) groups excluding carboxylic acids is 1. The quantitative estimate of drug-likeness (QED) is 0.208. The third-order valence-corrected chi connectivity index (χ3v) is 5.95. The number of benzene rings is 2. The van der Waals surface area contributed by atoms with Crippen LogP contribution in [-0.4, -0.2) is 64.4 Å². The maximum atomic E-state index is 13.3. The van der Waals surface area contributed by atoms with Crippen LogP contribution in [0.3, 0.4) is 0 Å². The van der Waals surface area contributed by atoms with Crippen LogP contribution in [0.25, 0.3) is 17.1 Å². The van der Waals surface area contributed by atoms with E-state index in [4.69, 9.17) is 9.47 Å². The molecule has 1 saturated heterocycles. The zero-order valence-electron chi connectivity index (χ0n) is 20.2. The van der Waals surface area contributed by atoms with Crippen LogP contribution in [0.2, 0.25) is 0 Å². The smallest absolute Gasteiger partial charge is 0.294 e. The van der Waals surface area contributed by atoms with Crippen molar-refractivity contribution in [2.75, 3.05) is 43.6 Å². The number of hydrogen-bond donors (Lipinski definition) is 1. The normalized spacial score (nSPS) is 13.3. The number of carbonyl (C=O) groups is 1. The molecule has 194 valence electrons. The Hall–Kier alpha value is -4.91. The fourth-order valence-electron chi connectivity index (χ4n) is 4.11. The molecular weight excluding hydrogens is 497 g/mol. The van der Waals surface area contributed by atoms with Crippen LogP contribution in [0, 0.1) is 15.9 Å². The molecule has 2 aromatic carbocycles. The van der Waals surface area contributed by atoms with Crippen LogP contribution in [-0.2, 0) is 4.74 Å². The fraction of sp³-hybridized carbons (Fsp3) is 0.200. The molecule has 1 N–H and O–H groups in total. The Morgan fingerprint density at radius 3 is 2.63 bits per heavy atom. The van der Waals surface area contributed by atoms with Crippen molar-refractivity contribution in [1.29, 1.82) is 0 Å². The molecule has 0 unspecified atom stereocenters. The Morgan fingerprint density at radius 2 is 1.95 bits per heavy atom. The highest BCUT2D eigenvalue weighted by Gasteiger charge is 2.25. The van der Waals surface area contributed by atoms with Crippen molar-refractivity contribution in [2.45, 2.75) is 0 Å². The van der Waals surface area contributed by atoms with Gasteiger partial charge in [0.05, 0.1) is 36.5 Å². The van der Waals surface area contributed by atoms with E-state index < -0.39 is 10.7 Å². The second-order valence-corrected chi connectivity index (χ2v) is 8.26. The van der Waals surface area contributed by atoms with Crippen LogP contribution < -0.4 is 15.0 Å². The molecule has 0 aliphatic carbocycles. The molecule has 0 radical (unpaired) electrons. The first-order chi connectivity index (χ1) is 18.5. The van der Waals surface area contributed by atoms with Gasteiger partial charge in [0.25, 0.3) is 5.69 Å². The Labute approximate surface area is 215 Å². The number of morpholine rings is 1. The lowest BCUT2D eigenvalue weighted by Gasteiger charge is -2.29. The number of rotatable bonds is 8. The molecule has 1 aliphatic rings. The minimum Gasteiger partial charge on any atom is -0.494 e. The van der Waals surface area contributed by atoms with Crippen LogP contribution in [0.4, 0.5) is 27.4 Å². The van der Waals surface area contributed by atoms with E-state index in [9.17, 15) is 19.3 Å². The predicted molar refractivity (Wildman–Crippen MR) is 136 cm³/mol. The molecule has 0 spiro atoms. The van der Waals surface area contributed by atoms with Crippen LogP contribution in [0.15, 0.2) is 54.9 Å². The molecule has 5 rings (SSSR count). The molecule has 0 atom stereocenters. The Balaban J connectivity index is 1.47. The lowest BCUT2D eigenvalue weighted by molar-refractivity contribution is -0.384. The molecule has 38 heavy (non-hydrogen) atoms. The molecule has 0 saturated carbocycles. The van der Waals surface area contributed by atoms with Crippen molar-refractivity contribution in [2.24, 2.45) is 0 Å². The standard InChI is InChI=1S/C25H22FN7O5/c1-37-22-13-20(31-8-10-38-11-9-31)21(33(35)36)12-19(22)28-25-27-7-6-23(29-25)32-14-17(15-34)24(30-32)16-2-4-18(26)5-3-16/h2-7,12-15H,8-11H2,1H3,(H,27,28,29). The number of nitrogens with zero attached hydrogens (tertiary/aromatic N) is 6. The van der Waals surface area contributed by atoms with E-state index in [1.165, 1.54) is 54.5 Å². The van der Waals surface area contributed by atoms with E-state index in [1.54, 1.807) is 12.1 Å². The topological polar surface area (TPSA) is 138 Å². The summed E-state index contributed by atoms with van der Waals surface area (Å²) < 4.78 is 25.6. The summed E-state index contributed by atoms with van der Waals surface area (Å²) in [5, 5.41) is 19.3. The number of nitrogens with one attached hydrogen (secondary N) is 1. The van der Waals surface area contributed by atoms with Gasteiger partial charge in [0.15, 0.2) is 12.1 Å². The minimum atomic E-state index is -0.450. The van der Waals surface area contributed by atoms with Crippen molar-refractivity contribution in [1.82, 2.24) is 19.7 Å². The molecular formula is C25H22FN7O5. The van der Waals surface area contributed by atoms with Crippen LogP contribution >= 0.6 is 0 Å². The van der Waals surface area contributed by atoms with E-state index in [0.717, 1.165) is 0 Å². The van der Waals surface area contributed by atoms with E-state index in [2.05, 4.69) is 20.4 Å². The summed E-state index contributed by atoms with van der Waals surface area (Å²) in [7, 11) is 1.47. The second kappa shape index (κ2) is 10.6. The largest absolute Gasteiger partial charge is 0.494 e. The number of ether oxygens (including phenoxy) is 2. The van der Waals surface area contributed by atoms with Crippen molar-refractivity contribution < 1.29 is 23.6 Å². The number of nitro groups is 1. The van der Waals surface area contributed by atoms with Gasteiger partial charge in [-0.25, -0.2) is 14.1 Å². The molecule has 13 heteroatoms. The Kier molecular flexibility index (Phi) is 6.91. The third-order valence-electron chi connectivity index (χ3n) is 5.95. The molecule has 3 heterocycles. The zero-order valence-corrected chi connectivity index (χ0v) is 20.2. The summed E-state index contributed by atoms with van der Waals surface area (Å²) in [5.74, 6) is 0.422. The van der Waals surface area contributed by atoms with Gasteiger partial charge in [-0.1, -0.05) is 0 Å². The van der Waals surface area contributed by atoms with Crippen LogP contribution in [0.1, 0.15) is 10.4 Å². The zero-order chi connectivity index (χ0) is 26.6. The van der Waals surface area contributed by atoms with E-state index in [-0.39, 0.29) is 11.6 Å². The van der Waals surface area contributed by atoms with Gasteiger partial charge in [-0.05, 0) is 24.3 Å². The summed E-state index contributed by atoms with van der Waals surface area (Å²) in [6, 6.07) is 10.2. The number of aldehydes is 1. The number of halogens is 1. The highest BCUT2D eigenvalue weighted by atomic mass is 19.1. The van der Waals surface area contributed by atoms with Gasteiger partial charge in [0.2, 0.25) is 5.95 Å². The average molecular weight is 519 g/mol. The lowest BCUT2D eigenvalue weighted by Crippen LogP contribution is -2.36. The van der Waals surface area contributed by atoms with Crippen molar-refractivity contribution in [3.63, 3.8) is 0 Å². The maximum absolute atomic E-state index is 13.3. The average Bonchev–Trinajstić information content (AvgIpc) is 3.38. The fourth-order valence-corrected chi connectivity index (χ4v) is 4.11. The number of methoxy groups -OCH3 is 1. The Morgan fingerprint density at radius 1 is 1.18 bits per heavy atom. The summed E-state index contributed by atoms with van der Waals surface area (Å²) in [4.78, 5) is 33.7. The molecule has 0 amide bonds. The predicted octanol–water partition coefficient (Wildman–Crippen LogP) is 3.78. The highest BCUT2D eigenvalue weighted by Crippen LogP contribution is 2.39. The molecule has 0 bridgehead atoms. The second-order valence-electron chi connectivity index (χ2n) is 8.26. The Bertz CT molecular complexity index is 1490. The number of anilines is 3. The van der Waals surface area contributed by atoms with Gasteiger partial charge >= 0.3 is 0 Å². The van der Waals surface area contributed by atoms with E-state index >= 15 is 0 Å². The SMILES string of the molecule is COc1cc(N2CCOCC2)c([N+](=O)[O-])cc1Nc1nccc(-n2cc(C=O)c(-c3ccc(F)cc3)n2)n1. The maximum Gasteiger partial charge on any atom is 0.294 e. The van der Waals surface area contributed by atoms with Crippen molar-refractivity contribution in [3.8, 4) is 22.8 Å². The first-order valence-corrected chi connectivity index (χ1v) is 11.6.